The minimum absolute atomic E-state index is 1.76. The predicted molar refractivity (Wildman–Crippen MR) is 40.0 cm³/mol. The molecule has 0 unspecified atom stereocenters. The van der Waals surface area contributed by atoms with E-state index in [9.17, 15) is 9.13 Å². The zero-order chi connectivity index (χ0) is 9.74. The van der Waals surface area contributed by atoms with E-state index >= 15 is 0 Å². The Morgan fingerprint density at radius 2 is 1.23 bits per heavy atom. The van der Waals surface area contributed by atoms with Gasteiger partial charge in [-0.05, 0) is 0 Å². The molecule has 8 heteroatoms. The van der Waals surface area contributed by atoms with Crippen molar-refractivity contribution in [2.45, 2.75) is 6.16 Å². The van der Waals surface area contributed by atoms with Gasteiger partial charge in [-0.3, -0.25) is 0 Å². The molecule has 0 aromatic rings. The molecule has 0 radical (unpaired) electrons. The molecule has 0 amide bonds. The van der Waals surface area contributed by atoms with Crippen molar-refractivity contribution in [3.63, 3.8) is 0 Å². The first-order valence-electron chi connectivity index (χ1n) is 2.94. The summed E-state index contributed by atoms with van der Waals surface area (Å²) in [5.74, 6) is 0. The lowest BCUT2D eigenvalue weighted by Crippen LogP contribution is -2.52. The molecule has 2 aliphatic heterocycles. The largest absolute Gasteiger partial charge is 0.443 e. The highest BCUT2D eigenvalue weighted by atomic mass is 31.2. The highest BCUT2D eigenvalue weighted by molar-refractivity contribution is 7.62. The van der Waals surface area contributed by atoms with Gasteiger partial charge in [-0.25, -0.2) is 27.2 Å². The fourth-order valence-corrected chi connectivity index (χ4v) is 2.72. The second kappa shape index (κ2) is 2.26. The summed E-state index contributed by atoms with van der Waals surface area (Å²) in [6, 6.07) is 0. The molecular formula is C5H2O6P2. The van der Waals surface area contributed by atoms with Gasteiger partial charge in [0.15, 0.2) is 0 Å². The zero-order valence-electron chi connectivity index (χ0n) is 6.00. The van der Waals surface area contributed by atoms with E-state index in [2.05, 4.69) is 18.1 Å². The minimum atomic E-state index is -3.54. The molecule has 0 N–H and O–H groups in total. The number of rotatable bonds is 0. The van der Waals surface area contributed by atoms with Crippen LogP contribution < -0.4 is 0 Å². The lowest BCUT2D eigenvalue weighted by molar-refractivity contribution is -0.462. The predicted octanol–water partition coefficient (Wildman–Crippen LogP) is 1.26. The SMILES string of the molecule is C#CP1(=O)OC2(O1)OP(=O)(C#C)O2. The lowest BCUT2D eigenvalue weighted by Gasteiger charge is -2.47. The molecule has 0 bridgehead atoms. The van der Waals surface area contributed by atoms with Crippen molar-refractivity contribution in [1.29, 1.82) is 0 Å². The second-order valence-corrected chi connectivity index (χ2v) is 5.35. The Labute approximate surface area is 73.6 Å². The van der Waals surface area contributed by atoms with E-state index in [4.69, 9.17) is 12.8 Å². The molecule has 0 aliphatic carbocycles. The van der Waals surface area contributed by atoms with Gasteiger partial charge in [0, 0.05) is 11.3 Å². The third-order valence-corrected chi connectivity index (χ3v) is 3.73. The summed E-state index contributed by atoms with van der Waals surface area (Å²) in [5, 5.41) is 0. The molecule has 2 heterocycles. The maximum Gasteiger partial charge on any atom is 0.443 e. The molecule has 13 heavy (non-hydrogen) atoms. The van der Waals surface area contributed by atoms with E-state index < -0.39 is 21.4 Å². The number of terminal acetylenes is 2. The molecular weight excluding hydrogens is 218 g/mol. The quantitative estimate of drug-likeness (QED) is 0.452. The summed E-state index contributed by atoms with van der Waals surface area (Å²) in [4.78, 5) is 0. The fourth-order valence-electron chi connectivity index (χ4n) is 0.775. The normalized spacial score (nSPS) is 52.8. The van der Waals surface area contributed by atoms with Gasteiger partial charge < -0.3 is 0 Å². The van der Waals surface area contributed by atoms with Crippen molar-refractivity contribution < 1.29 is 27.2 Å². The van der Waals surface area contributed by atoms with E-state index in [1.54, 1.807) is 11.3 Å². The van der Waals surface area contributed by atoms with Gasteiger partial charge in [0.25, 0.3) is 0 Å². The Hall–Kier alpha value is -0.580. The summed E-state index contributed by atoms with van der Waals surface area (Å²) < 4.78 is 39.9. The van der Waals surface area contributed by atoms with E-state index in [1.165, 1.54) is 0 Å². The maximum absolute atomic E-state index is 11.0. The average molecular weight is 220 g/mol. The first-order valence-corrected chi connectivity index (χ1v) is 6.02. The van der Waals surface area contributed by atoms with Crippen molar-refractivity contribution in [3.8, 4) is 24.2 Å². The van der Waals surface area contributed by atoms with Crippen LogP contribution in [0.1, 0.15) is 0 Å². The van der Waals surface area contributed by atoms with Crippen molar-refractivity contribution in [3.05, 3.63) is 0 Å². The Morgan fingerprint density at radius 1 is 0.923 bits per heavy atom. The fraction of sp³-hybridized carbons (Fsp3) is 0.200. The Kier molecular flexibility index (Phi) is 1.56. The van der Waals surface area contributed by atoms with Crippen LogP contribution >= 0.6 is 15.2 Å². The third-order valence-electron chi connectivity index (χ3n) is 1.24. The van der Waals surface area contributed by atoms with Crippen LogP contribution in [0, 0.1) is 24.2 Å². The Morgan fingerprint density at radius 3 is 1.46 bits per heavy atom. The highest BCUT2D eigenvalue weighted by Gasteiger charge is 2.71. The first kappa shape index (κ1) is 8.99. The van der Waals surface area contributed by atoms with Crippen molar-refractivity contribution in [1.82, 2.24) is 0 Å². The maximum atomic E-state index is 11.0. The van der Waals surface area contributed by atoms with Crippen molar-refractivity contribution in [2.75, 3.05) is 0 Å². The smallest absolute Gasteiger partial charge is 0.244 e. The summed E-state index contributed by atoms with van der Waals surface area (Å²) in [6.45, 7) is 0. The van der Waals surface area contributed by atoms with Crippen molar-refractivity contribution >= 4 is 15.2 Å². The van der Waals surface area contributed by atoms with Crippen LogP contribution in [0.2, 0.25) is 0 Å². The first-order chi connectivity index (χ1) is 5.95. The standard InChI is InChI=1S/C5H2O6P2/c1-3-12(6)8-5(9-12)10-13(7,4-2)11-5/h1-2H. The molecule has 68 valence electrons. The van der Waals surface area contributed by atoms with Crippen LogP contribution in [-0.4, -0.2) is 6.16 Å². The van der Waals surface area contributed by atoms with Gasteiger partial charge >= 0.3 is 21.4 Å². The van der Waals surface area contributed by atoms with Gasteiger partial charge in [0.2, 0.25) is 0 Å². The molecule has 2 fully saturated rings. The molecule has 2 saturated heterocycles. The van der Waals surface area contributed by atoms with E-state index in [0.717, 1.165) is 0 Å². The van der Waals surface area contributed by atoms with E-state index in [0.29, 0.717) is 0 Å². The van der Waals surface area contributed by atoms with Crippen molar-refractivity contribution in [2.24, 2.45) is 0 Å². The third kappa shape index (κ3) is 1.17. The van der Waals surface area contributed by atoms with Crippen LogP contribution in [0.3, 0.4) is 0 Å². The van der Waals surface area contributed by atoms with Crippen LogP contribution in [-0.2, 0) is 27.2 Å². The Balaban J connectivity index is 2.06. The average Bonchev–Trinajstić information content (AvgIpc) is 1.98. The van der Waals surface area contributed by atoms with Crippen LogP contribution in [0.25, 0.3) is 0 Å². The van der Waals surface area contributed by atoms with Gasteiger partial charge in [-0.2, -0.15) is 0 Å². The summed E-state index contributed by atoms with van der Waals surface area (Å²) >= 11 is 0. The lowest BCUT2D eigenvalue weighted by atomic mass is 11.2. The highest BCUT2D eigenvalue weighted by Crippen LogP contribution is 2.77. The van der Waals surface area contributed by atoms with Gasteiger partial charge in [0.05, 0.1) is 0 Å². The second-order valence-electron chi connectivity index (χ2n) is 2.12. The monoisotopic (exact) mass is 220 g/mol. The zero-order valence-corrected chi connectivity index (χ0v) is 7.79. The molecule has 0 aromatic heterocycles. The summed E-state index contributed by atoms with van der Waals surface area (Å²) in [5.41, 5.74) is 3.51. The topological polar surface area (TPSA) is 71.1 Å². The minimum Gasteiger partial charge on any atom is -0.244 e. The molecule has 6 nitrogen and oxygen atoms in total. The molecule has 0 aromatic carbocycles. The van der Waals surface area contributed by atoms with Gasteiger partial charge in [-0.15, -0.1) is 12.8 Å². The van der Waals surface area contributed by atoms with E-state index in [-0.39, 0.29) is 0 Å². The number of hydrogen-bond donors (Lipinski definition) is 0. The van der Waals surface area contributed by atoms with Crippen LogP contribution in [0.4, 0.5) is 0 Å². The van der Waals surface area contributed by atoms with Crippen LogP contribution in [0.15, 0.2) is 0 Å². The number of hydrogen-bond acceptors (Lipinski definition) is 6. The molecule has 2 aliphatic rings. The molecule has 0 saturated carbocycles. The van der Waals surface area contributed by atoms with Gasteiger partial charge in [-0.1, -0.05) is 0 Å². The Bertz CT molecular complexity index is 373. The summed E-state index contributed by atoms with van der Waals surface area (Å²) in [7, 11) is -7.08. The molecule has 2 rings (SSSR count). The van der Waals surface area contributed by atoms with E-state index in [1.807, 2.05) is 0 Å². The molecule has 1 spiro atoms. The summed E-state index contributed by atoms with van der Waals surface area (Å²) in [6.07, 6.45) is 7.57. The van der Waals surface area contributed by atoms with Crippen LogP contribution in [0.5, 0.6) is 0 Å². The molecule has 0 atom stereocenters. The van der Waals surface area contributed by atoms with Gasteiger partial charge in [0.1, 0.15) is 0 Å².